The topological polar surface area (TPSA) is 57.8 Å². The van der Waals surface area contributed by atoms with Gasteiger partial charge in [0.1, 0.15) is 6.54 Å². The summed E-state index contributed by atoms with van der Waals surface area (Å²) in [7, 11) is 0. The van der Waals surface area contributed by atoms with Crippen LogP contribution in [-0.4, -0.2) is 16.5 Å². The maximum absolute atomic E-state index is 12.0. The number of hydrogen-bond donors (Lipinski definition) is 1. The number of rotatable bonds is 4. The van der Waals surface area contributed by atoms with E-state index in [-0.39, 0.29) is 18.5 Å². The number of hydrogen-bond acceptors (Lipinski definition) is 2. The lowest BCUT2D eigenvalue weighted by Gasteiger charge is -2.17. The molecule has 0 saturated heterocycles. The van der Waals surface area contributed by atoms with E-state index in [4.69, 9.17) is 5.26 Å². The highest BCUT2D eigenvalue weighted by atomic mass is 16.2. The second kappa shape index (κ2) is 5.79. The fraction of sp³-hybridized carbons (Fsp3) is 0.375. The van der Waals surface area contributed by atoms with E-state index in [2.05, 4.69) is 25.2 Å². The molecule has 2 rings (SSSR count). The number of carbonyl (C=O) groups is 1. The van der Waals surface area contributed by atoms with E-state index in [9.17, 15) is 4.79 Å². The monoisotopic (exact) mass is 269 g/mol. The van der Waals surface area contributed by atoms with Gasteiger partial charge >= 0.3 is 0 Å². The largest absolute Gasteiger partial charge is 0.352 e. The van der Waals surface area contributed by atoms with Crippen LogP contribution < -0.4 is 5.32 Å². The third kappa shape index (κ3) is 3.00. The molecule has 0 bridgehead atoms. The Morgan fingerprint density at radius 1 is 1.35 bits per heavy atom. The van der Waals surface area contributed by atoms with Crippen molar-refractivity contribution >= 4 is 16.8 Å². The molecule has 1 heterocycles. The van der Waals surface area contributed by atoms with Gasteiger partial charge in [0.25, 0.3) is 0 Å². The average Bonchev–Trinajstić information content (AvgIpc) is 2.80. The number of carbonyl (C=O) groups excluding carboxylic acids is 1. The highest BCUT2D eigenvalue weighted by molar-refractivity contribution is 5.84. The third-order valence-electron chi connectivity index (χ3n) is 3.61. The van der Waals surface area contributed by atoms with Crippen LogP contribution in [0.1, 0.15) is 26.3 Å². The van der Waals surface area contributed by atoms with E-state index >= 15 is 0 Å². The van der Waals surface area contributed by atoms with Crippen LogP contribution in [0, 0.1) is 17.2 Å². The number of fused-ring (bicyclic) bond motifs is 1. The Hall–Kier alpha value is -2.28. The summed E-state index contributed by atoms with van der Waals surface area (Å²) >= 11 is 0. The first-order chi connectivity index (χ1) is 9.51. The Morgan fingerprint density at radius 3 is 2.75 bits per heavy atom. The minimum absolute atomic E-state index is 0.00828. The molecule has 4 nitrogen and oxygen atoms in total. The van der Waals surface area contributed by atoms with Crippen LogP contribution in [-0.2, 0) is 11.3 Å². The smallest absolute Gasteiger partial charge is 0.240 e. The lowest BCUT2D eigenvalue weighted by molar-refractivity contribution is -0.122. The van der Waals surface area contributed by atoms with Crippen molar-refractivity contribution in [2.75, 3.05) is 0 Å². The molecule has 20 heavy (non-hydrogen) atoms. The number of amides is 1. The van der Waals surface area contributed by atoms with Crippen LogP contribution in [0.3, 0.4) is 0 Å². The highest BCUT2D eigenvalue weighted by Gasteiger charge is 2.12. The summed E-state index contributed by atoms with van der Waals surface area (Å²) in [6.07, 6.45) is 1.88. The normalized spacial score (nSPS) is 12.3. The van der Waals surface area contributed by atoms with Crippen molar-refractivity contribution < 1.29 is 4.79 Å². The summed E-state index contributed by atoms with van der Waals surface area (Å²) in [6, 6.07) is 9.73. The maximum Gasteiger partial charge on any atom is 0.240 e. The van der Waals surface area contributed by atoms with Gasteiger partial charge in [-0.25, -0.2) is 0 Å². The zero-order valence-electron chi connectivity index (χ0n) is 12.1. The highest BCUT2D eigenvalue weighted by Crippen LogP contribution is 2.17. The van der Waals surface area contributed by atoms with Gasteiger partial charge in [-0.05, 0) is 36.4 Å². The van der Waals surface area contributed by atoms with Gasteiger partial charge < -0.3 is 9.88 Å². The number of nitriles is 1. The molecule has 1 unspecified atom stereocenters. The lowest BCUT2D eigenvalue weighted by Crippen LogP contribution is -2.38. The van der Waals surface area contributed by atoms with Gasteiger partial charge in [0.15, 0.2) is 0 Å². The minimum atomic E-state index is -0.00828. The molecule has 1 atom stereocenters. The summed E-state index contributed by atoms with van der Waals surface area (Å²) in [6.45, 7) is 6.43. The maximum atomic E-state index is 12.0. The van der Waals surface area contributed by atoms with Crippen molar-refractivity contribution in [1.82, 2.24) is 9.88 Å². The first kappa shape index (κ1) is 14.1. The van der Waals surface area contributed by atoms with Crippen molar-refractivity contribution in [2.24, 2.45) is 5.92 Å². The fourth-order valence-electron chi connectivity index (χ4n) is 2.01. The van der Waals surface area contributed by atoms with E-state index in [1.807, 2.05) is 35.9 Å². The van der Waals surface area contributed by atoms with Gasteiger partial charge in [-0.2, -0.15) is 5.26 Å². The van der Waals surface area contributed by atoms with Crippen molar-refractivity contribution in [3.05, 3.63) is 36.0 Å². The summed E-state index contributed by atoms with van der Waals surface area (Å²) in [4.78, 5) is 12.0. The lowest BCUT2D eigenvalue weighted by atomic mass is 10.1. The summed E-state index contributed by atoms with van der Waals surface area (Å²) in [5.74, 6) is 0.400. The third-order valence-corrected chi connectivity index (χ3v) is 3.61. The van der Waals surface area contributed by atoms with Gasteiger partial charge in [0.2, 0.25) is 5.91 Å². The fourth-order valence-corrected chi connectivity index (χ4v) is 2.01. The Kier molecular flexibility index (Phi) is 4.09. The van der Waals surface area contributed by atoms with Crippen LogP contribution in [0.25, 0.3) is 10.9 Å². The Bertz CT molecular complexity index is 664. The minimum Gasteiger partial charge on any atom is -0.352 e. The van der Waals surface area contributed by atoms with Gasteiger partial charge in [-0.3, -0.25) is 4.79 Å². The van der Waals surface area contributed by atoms with Crippen LogP contribution in [0.2, 0.25) is 0 Å². The summed E-state index contributed by atoms with van der Waals surface area (Å²) in [5, 5.41) is 13.0. The van der Waals surface area contributed by atoms with Crippen molar-refractivity contribution in [1.29, 1.82) is 5.26 Å². The molecule has 0 radical (unpaired) electrons. The first-order valence-corrected chi connectivity index (χ1v) is 6.79. The first-order valence-electron chi connectivity index (χ1n) is 6.79. The SMILES string of the molecule is CC(C)C(C)NC(=O)Cn1ccc2ccc(C#N)cc21. The van der Waals surface area contributed by atoms with Gasteiger partial charge in [0.05, 0.1) is 11.6 Å². The molecular weight excluding hydrogens is 250 g/mol. The predicted octanol–water partition coefficient (Wildman–Crippen LogP) is 2.67. The Morgan fingerprint density at radius 2 is 2.10 bits per heavy atom. The predicted molar refractivity (Wildman–Crippen MR) is 79.1 cm³/mol. The molecule has 1 aromatic carbocycles. The number of aromatic nitrogens is 1. The Balaban J connectivity index is 2.17. The molecule has 104 valence electrons. The molecular formula is C16H19N3O. The van der Waals surface area contributed by atoms with Gasteiger partial charge in [0, 0.05) is 17.8 Å². The molecule has 0 aliphatic carbocycles. The van der Waals surface area contributed by atoms with Crippen LogP contribution in [0.5, 0.6) is 0 Å². The molecule has 0 aliphatic rings. The van der Waals surface area contributed by atoms with Crippen LogP contribution in [0.15, 0.2) is 30.5 Å². The van der Waals surface area contributed by atoms with Crippen molar-refractivity contribution in [2.45, 2.75) is 33.4 Å². The second-order valence-electron chi connectivity index (χ2n) is 5.43. The molecule has 0 aliphatic heterocycles. The van der Waals surface area contributed by atoms with E-state index in [1.54, 1.807) is 6.07 Å². The van der Waals surface area contributed by atoms with Crippen LogP contribution >= 0.6 is 0 Å². The molecule has 1 amide bonds. The second-order valence-corrected chi connectivity index (χ2v) is 5.43. The molecule has 0 saturated carbocycles. The van der Waals surface area contributed by atoms with Gasteiger partial charge in [-0.1, -0.05) is 19.9 Å². The van der Waals surface area contributed by atoms with Crippen molar-refractivity contribution in [3.8, 4) is 6.07 Å². The van der Waals surface area contributed by atoms with E-state index in [0.717, 1.165) is 10.9 Å². The molecule has 0 spiro atoms. The molecule has 2 aromatic rings. The standard InChI is InChI=1S/C16H19N3O/c1-11(2)12(3)18-16(20)10-19-7-6-14-5-4-13(9-17)8-15(14)19/h4-8,11-12H,10H2,1-3H3,(H,18,20). The van der Waals surface area contributed by atoms with E-state index in [1.165, 1.54) is 0 Å². The quantitative estimate of drug-likeness (QED) is 0.927. The zero-order valence-corrected chi connectivity index (χ0v) is 12.1. The number of nitrogens with one attached hydrogen (secondary N) is 1. The summed E-state index contributed by atoms with van der Waals surface area (Å²) in [5.41, 5.74) is 1.52. The van der Waals surface area contributed by atoms with Crippen LogP contribution in [0.4, 0.5) is 0 Å². The molecule has 1 N–H and O–H groups in total. The molecule has 0 fully saturated rings. The van der Waals surface area contributed by atoms with E-state index in [0.29, 0.717) is 11.5 Å². The molecule has 1 aromatic heterocycles. The number of nitrogens with zero attached hydrogens (tertiary/aromatic N) is 2. The molecule has 4 heteroatoms. The van der Waals surface area contributed by atoms with E-state index < -0.39 is 0 Å². The summed E-state index contributed by atoms with van der Waals surface area (Å²) < 4.78 is 1.87. The Labute approximate surface area is 119 Å². The zero-order chi connectivity index (χ0) is 14.7. The average molecular weight is 269 g/mol. The van der Waals surface area contributed by atoms with Gasteiger partial charge in [-0.15, -0.1) is 0 Å². The van der Waals surface area contributed by atoms with Crippen molar-refractivity contribution in [3.63, 3.8) is 0 Å². The number of benzene rings is 1.